The number of hydrogen-bond donors (Lipinski definition) is 2. The average Bonchev–Trinajstić information content (AvgIpc) is 2.83. The van der Waals surface area contributed by atoms with E-state index in [1.807, 2.05) is 0 Å². The summed E-state index contributed by atoms with van der Waals surface area (Å²) in [5.41, 5.74) is -0.723. The molecule has 1 aromatic heterocycles. The Morgan fingerprint density at radius 2 is 2.21 bits per heavy atom. The maximum absolute atomic E-state index is 14.0. The van der Waals surface area contributed by atoms with E-state index in [1.54, 1.807) is 0 Å². The normalized spacial score (nSPS) is 10.5. The van der Waals surface area contributed by atoms with Gasteiger partial charge in [0.2, 0.25) is 0 Å². The molecular weight excluding hydrogens is 325 g/mol. The van der Waals surface area contributed by atoms with Gasteiger partial charge in [-0.05, 0) is 15.9 Å². The minimum atomic E-state index is -1.32. The van der Waals surface area contributed by atoms with E-state index < -0.39 is 23.2 Å². The largest absolute Gasteiger partial charge is 0.504 e. The highest BCUT2D eigenvalue weighted by Gasteiger charge is 2.23. The first kappa shape index (κ1) is 13.3. The van der Waals surface area contributed by atoms with E-state index in [4.69, 9.17) is 14.4 Å². The highest BCUT2D eigenvalue weighted by atomic mass is 79.9. The van der Waals surface area contributed by atoms with Crippen molar-refractivity contribution in [3.05, 3.63) is 28.1 Å². The van der Waals surface area contributed by atoms with Crippen molar-refractivity contribution in [2.75, 3.05) is 7.11 Å². The maximum Gasteiger partial charge on any atom is 0.358 e. The predicted molar refractivity (Wildman–Crippen MR) is 64.8 cm³/mol. The predicted octanol–water partition coefficient (Wildman–Crippen LogP) is 2.66. The van der Waals surface area contributed by atoms with Gasteiger partial charge >= 0.3 is 5.97 Å². The minimum absolute atomic E-state index is 0.0107. The zero-order valence-corrected chi connectivity index (χ0v) is 11.1. The van der Waals surface area contributed by atoms with Crippen molar-refractivity contribution in [2.24, 2.45) is 0 Å². The van der Waals surface area contributed by atoms with Gasteiger partial charge in [0.25, 0.3) is 0 Å². The van der Waals surface area contributed by atoms with Crippen molar-refractivity contribution in [2.45, 2.75) is 0 Å². The van der Waals surface area contributed by atoms with Gasteiger partial charge < -0.3 is 19.5 Å². The van der Waals surface area contributed by atoms with Gasteiger partial charge in [0.1, 0.15) is 5.56 Å². The van der Waals surface area contributed by atoms with Crippen LogP contribution in [0.5, 0.6) is 11.5 Å². The summed E-state index contributed by atoms with van der Waals surface area (Å²) >= 11 is 2.96. The number of carboxylic acids is 1. The standard InChI is InChI=1S/C11H7BrFNO5/c1-18-7-2-4(12)9(13)8(10(7)15)6-3-5(11(16)17)14-19-6/h2-3,15H,1H3,(H,16,17). The molecule has 0 saturated heterocycles. The summed E-state index contributed by atoms with van der Waals surface area (Å²) in [6.45, 7) is 0. The van der Waals surface area contributed by atoms with E-state index in [0.717, 1.165) is 6.07 Å². The number of phenols is 1. The highest BCUT2D eigenvalue weighted by Crippen LogP contribution is 2.42. The molecule has 2 N–H and O–H groups in total. The molecule has 2 rings (SSSR count). The Labute approximate surface area is 114 Å². The molecule has 6 nitrogen and oxygen atoms in total. The van der Waals surface area contributed by atoms with E-state index in [0.29, 0.717) is 0 Å². The molecule has 0 aliphatic heterocycles. The SMILES string of the molecule is COc1cc(Br)c(F)c(-c2cc(C(=O)O)no2)c1O. The second-order valence-corrected chi connectivity index (χ2v) is 4.33. The fourth-order valence-corrected chi connectivity index (χ4v) is 1.87. The Hall–Kier alpha value is -2.09. The number of rotatable bonds is 3. The number of methoxy groups -OCH3 is 1. The summed E-state index contributed by atoms with van der Waals surface area (Å²) in [6, 6.07) is 2.25. The van der Waals surface area contributed by atoms with Gasteiger partial charge in [-0.2, -0.15) is 0 Å². The molecule has 0 atom stereocenters. The van der Waals surface area contributed by atoms with E-state index >= 15 is 0 Å². The molecule has 1 heterocycles. The van der Waals surface area contributed by atoms with Crippen LogP contribution in [0.15, 0.2) is 21.1 Å². The number of carboxylic acid groups (broad SMARTS) is 1. The number of aromatic carboxylic acids is 1. The smallest absolute Gasteiger partial charge is 0.358 e. The number of hydrogen-bond acceptors (Lipinski definition) is 5. The van der Waals surface area contributed by atoms with Gasteiger partial charge in [0.05, 0.1) is 11.6 Å². The number of phenolic OH excluding ortho intramolecular Hbond substituents is 1. The quantitative estimate of drug-likeness (QED) is 0.898. The molecule has 19 heavy (non-hydrogen) atoms. The van der Waals surface area contributed by atoms with Gasteiger partial charge in [0, 0.05) is 12.1 Å². The zero-order chi connectivity index (χ0) is 14.2. The second-order valence-electron chi connectivity index (χ2n) is 3.48. The molecule has 8 heteroatoms. The monoisotopic (exact) mass is 331 g/mol. The third kappa shape index (κ3) is 2.26. The van der Waals surface area contributed by atoms with Crippen molar-refractivity contribution < 1.29 is 28.7 Å². The third-order valence-electron chi connectivity index (χ3n) is 2.35. The molecule has 0 aliphatic rings. The molecule has 0 aliphatic carbocycles. The van der Waals surface area contributed by atoms with Gasteiger partial charge in [0.15, 0.2) is 28.8 Å². The molecule has 0 bridgehead atoms. The second kappa shape index (κ2) is 4.88. The molecule has 0 saturated carbocycles. The van der Waals surface area contributed by atoms with Crippen LogP contribution in [-0.2, 0) is 0 Å². The Morgan fingerprint density at radius 3 is 2.74 bits per heavy atom. The summed E-state index contributed by atoms with van der Waals surface area (Å²) in [5.74, 6) is -2.84. The summed E-state index contributed by atoms with van der Waals surface area (Å²) in [5, 5.41) is 21.9. The minimum Gasteiger partial charge on any atom is -0.504 e. The molecule has 0 fully saturated rings. The van der Waals surface area contributed by atoms with Gasteiger partial charge in [-0.15, -0.1) is 0 Å². The number of halogens is 2. The molecule has 2 aromatic rings. The number of ether oxygens (including phenoxy) is 1. The van der Waals surface area contributed by atoms with Crippen LogP contribution in [0, 0.1) is 5.82 Å². The first-order valence-corrected chi connectivity index (χ1v) is 5.70. The lowest BCUT2D eigenvalue weighted by atomic mass is 10.1. The van der Waals surface area contributed by atoms with Crippen molar-refractivity contribution in [3.63, 3.8) is 0 Å². The van der Waals surface area contributed by atoms with Crippen LogP contribution in [0.1, 0.15) is 10.5 Å². The lowest BCUT2D eigenvalue weighted by molar-refractivity contribution is 0.0686. The Morgan fingerprint density at radius 1 is 1.53 bits per heavy atom. The van der Waals surface area contributed by atoms with Crippen LogP contribution in [0.25, 0.3) is 11.3 Å². The topological polar surface area (TPSA) is 92.8 Å². The summed E-state index contributed by atoms with van der Waals surface area (Å²) < 4.78 is 23.6. The fraction of sp³-hybridized carbons (Fsp3) is 0.0909. The first-order chi connectivity index (χ1) is 8.95. The Kier molecular flexibility index (Phi) is 3.43. The number of aromatic nitrogens is 1. The van der Waals surface area contributed by atoms with E-state index in [1.165, 1.54) is 13.2 Å². The van der Waals surface area contributed by atoms with Gasteiger partial charge in [-0.1, -0.05) is 5.16 Å². The number of nitrogens with zero attached hydrogens (tertiary/aromatic N) is 1. The van der Waals surface area contributed by atoms with Crippen LogP contribution in [0.4, 0.5) is 4.39 Å². The lowest BCUT2D eigenvalue weighted by Crippen LogP contribution is -1.95. The van der Waals surface area contributed by atoms with Crippen LogP contribution in [-0.4, -0.2) is 28.4 Å². The molecular formula is C11H7BrFNO5. The van der Waals surface area contributed by atoms with E-state index in [9.17, 15) is 14.3 Å². The fourth-order valence-electron chi connectivity index (χ4n) is 1.47. The van der Waals surface area contributed by atoms with Crippen LogP contribution >= 0.6 is 15.9 Å². The number of carbonyl (C=O) groups is 1. The van der Waals surface area contributed by atoms with E-state index in [2.05, 4.69) is 21.1 Å². The van der Waals surface area contributed by atoms with Crippen molar-refractivity contribution >= 4 is 21.9 Å². The Balaban J connectivity index is 2.66. The lowest BCUT2D eigenvalue weighted by Gasteiger charge is -2.09. The van der Waals surface area contributed by atoms with E-state index in [-0.39, 0.29) is 21.5 Å². The third-order valence-corrected chi connectivity index (χ3v) is 2.93. The summed E-state index contributed by atoms with van der Waals surface area (Å²) in [7, 11) is 1.30. The van der Waals surface area contributed by atoms with Crippen molar-refractivity contribution in [1.82, 2.24) is 5.16 Å². The molecule has 0 unspecified atom stereocenters. The number of aromatic hydroxyl groups is 1. The van der Waals surface area contributed by atoms with Crippen molar-refractivity contribution in [1.29, 1.82) is 0 Å². The first-order valence-electron chi connectivity index (χ1n) is 4.91. The van der Waals surface area contributed by atoms with Crippen LogP contribution < -0.4 is 4.74 Å². The van der Waals surface area contributed by atoms with Crippen molar-refractivity contribution in [3.8, 4) is 22.8 Å². The number of benzene rings is 1. The molecule has 100 valence electrons. The van der Waals surface area contributed by atoms with Crippen LogP contribution in [0.2, 0.25) is 0 Å². The highest BCUT2D eigenvalue weighted by molar-refractivity contribution is 9.10. The molecule has 0 spiro atoms. The molecule has 0 amide bonds. The maximum atomic E-state index is 14.0. The molecule has 0 radical (unpaired) electrons. The molecule has 1 aromatic carbocycles. The van der Waals surface area contributed by atoms with Crippen LogP contribution in [0.3, 0.4) is 0 Å². The zero-order valence-electron chi connectivity index (χ0n) is 9.48. The average molecular weight is 332 g/mol. The van der Waals surface area contributed by atoms with Gasteiger partial charge in [-0.3, -0.25) is 0 Å². The summed E-state index contributed by atoms with van der Waals surface area (Å²) in [4.78, 5) is 10.7. The summed E-state index contributed by atoms with van der Waals surface area (Å²) in [6.07, 6.45) is 0. The van der Waals surface area contributed by atoms with Gasteiger partial charge in [-0.25, -0.2) is 9.18 Å². The Bertz CT molecular complexity index is 655.